The molecule has 0 spiro atoms. The highest BCUT2D eigenvalue weighted by Crippen LogP contribution is 2.28. The van der Waals surface area contributed by atoms with E-state index in [2.05, 4.69) is 0 Å². The second-order valence-corrected chi connectivity index (χ2v) is 6.11. The molecule has 0 aromatic heterocycles. The van der Waals surface area contributed by atoms with Crippen LogP contribution in [0.25, 0.3) is 0 Å². The number of nitrogens with zero attached hydrogens (tertiary/aromatic N) is 1. The van der Waals surface area contributed by atoms with Crippen LogP contribution in [0.2, 0.25) is 10.0 Å². The van der Waals surface area contributed by atoms with Crippen LogP contribution in [0.15, 0.2) is 47.4 Å². The molecule has 0 heterocycles. The van der Waals surface area contributed by atoms with Gasteiger partial charge < -0.3 is 4.18 Å². The third-order valence-corrected chi connectivity index (χ3v) is 4.33. The lowest BCUT2D eigenvalue weighted by atomic mass is 10.2. The van der Waals surface area contributed by atoms with Gasteiger partial charge >= 0.3 is 10.1 Å². The molecular formula is C13H7Cl2NO3S. The zero-order valence-electron chi connectivity index (χ0n) is 9.88. The lowest BCUT2D eigenvalue weighted by Crippen LogP contribution is -2.09. The van der Waals surface area contributed by atoms with Crippen LogP contribution in [-0.2, 0) is 10.1 Å². The quantitative estimate of drug-likeness (QED) is 0.807. The van der Waals surface area contributed by atoms with E-state index in [1.165, 1.54) is 42.5 Å². The van der Waals surface area contributed by atoms with Gasteiger partial charge in [-0.15, -0.1) is 0 Å². The maximum atomic E-state index is 12.1. The SMILES string of the molecule is N#Cc1cccc(S(=O)(=O)Oc2ccc(Cl)c(Cl)c2)c1. The van der Waals surface area contributed by atoms with E-state index in [0.717, 1.165) is 0 Å². The third-order valence-electron chi connectivity index (χ3n) is 2.35. The Bertz CT molecular complexity index is 798. The van der Waals surface area contributed by atoms with Crippen LogP contribution in [0, 0.1) is 11.3 Å². The first-order valence-electron chi connectivity index (χ1n) is 5.32. The standard InChI is InChI=1S/C13H7Cl2NO3S/c14-12-5-4-10(7-13(12)15)19-20(17,18)11-3-1-2-9(6-11)8-16/h1-7H. The zero-order chi connectivity index (χ0) is 14.8. The Morgan fingerprint density at radius 1 is 1.05 bits per heavy atom. The molecule has 2 aromatic carbocycles. The number of nitriles is 1. The minimum absolute atomic E-state index is 0.0433. The molecule has 2 aromatic rings. The maximum absolute atomic E-state index is 12.1. The Morgan fingerprint density at radius 2 is 1.80 bits per heavy atom. The van der Waals surface area contributed by atoms with Gasteiger partial charge in [0.1, 0.15) is 10.6 Å². The predicted octanol–water partition coefficient (Wildman–Crippen LogP) is 3.63. The molecule has 0 saturated heterocycles. The molecule has 0 bridgehead atoms. The van der Waals surface area contributed by atoms with Crippen LogP contribution < -0.4 is 4.18 Å². The van der Waals surface area contributed by atoms with Crippen molar-refractivity contribution in [3.05, 3.63) is 58.1 Å². The van der Waals surface area contributed by atoms with E-state index >= 15 is 0 Å². The summed E-state index contributed by atoms with van der Waals surface area (Å²) in [5.41, 5.74) is 0.226. The van der Waals surface area contributed by atoms with Gasteiger partial charge in [-0.05, 0) is 30.3 Å². The van der Waals surface area contributed by atoms with Gasteiger partial charge in [0.05, 0.1) is 21.7 Å². The Hall–Kier alpha value is -1.74. The van der Waals surface area contributed by atoms with Crippen molar-refractivity contribution in [2.24, 2.45) is 0 Å². The molecule has 7 heteroatoms. The van der Waals surface area contributed by atoms with Crippen LogP contribution in [-0.4, -0.2) is 8.42 Å². The Morgan fingerprint density at radius 3 is 2.45 bits per heavy atom. The second-order valence-electron chi connectivity index (χ2n) is 3.75. The first-order valence-corrected chi connectivity index (χ1v) is 7.48. The van der Waals surface area contributed by atoms with Crippen molar-refractivity contribution in [2.45, 2.75) is 4.90 Å². The smallest absolute Gasteiger partial charge is 0.339 e. The second kappa shape index (κ2) is 5.71. The van der Waals surface area contributed by atoms with E-state index in [0.29, 0.717) is 5.02 Å². The monoisotopic (exact) mass is 327 g/mol. The minimum Gasteiger partial charge on any atom is -0.379 e. The summed E-state index contributed by atoms with van der Waals surface area (Å²) in [6, 6.07) is 11.5. The molecule has 0 N–H and O–H groups in total. The number of hydrogen-bond donors (Lipinski definition) is 0. The van der Waals surface area contributed by atoms with E-state index in [4.69, 9.17) is 32.6 Å². The van der Waals surface area contributed by atoms with Crippen molar-refractivity contribution < 1.29 is 12.6 Å². The molecule has 102 valence electrons. The molecule has 4 nitrogen and oxygen atoms in total. The fourth-order valence-corrected chi connectivity index (χ4v) is 2.68. The third kappa shape index (κ3) is 3.23. The average molecular weight is 328 g/mol. The number of rotatable bonds is 3. The summed E-state index contributed by atoms with van der Waals surface area (Å²) >= 11 is 11.5. The molecule has 0 unspecified atom stereocenters. The molecule has 0 saturated carbocycles. The molecule has 0 aliphatic carbocycles. The Labute approximate surface area is 126 Å². The van der Waals surface area contributed by atoms with E-state index in [9.17, 15) is 8.42 Å². The van der Waals surface area contributed by atoms with E-state index < -0.39 is 10.1 Å². The van der Waals surface area contributed by atoms with Gasteiger partial charge in [-0.2, -0.15) is 13.7 Å². The first-order chi connectivity index (χ1) is 9.42. The van der Waals surface area contributed by atoms with E-state index in [-0.39, 0.29) is 21.2 Å². The number of benzene rings is 2. The summed E-state index contributed by atoms with van der Waals surface area (Å²) in [6.45, 7) is 0. The molecule has 2 rings (SSSR count). The summed E-state index contributed by atoms with van der Waals surface area (Å²) in [5.74, 6) is 0.0433. The van der Waals surface area contributed by atoms with Crippen molar-refractivity contribution in [2.75, 3.05) is 0 Å². The summed E-state index contributed by atoms with van der Waals surface area (Å²) in [6.07, 6.45) is 0. The molecule has 0 aliphatic rings. The van der Waals surface area contributed by atoms with Crippen LogP contribution in [0.4, 0.5) is 0 Å². The van der Waals surface area contributed by atoms with Crippen molar-refractivity contribution in [1.82, 2.24) is 0 Å². The lowest BCUT2D eigenvalue weighted by molar-refractivity contribution is 0.486. The average Bonchev–Trinajstić information content (AvgIpc) is 2.43. The summed E-state index contributed by atoms with van der Waals surface area (Å²) in [7, 11) is -4.03. The lowest BCUT2D eigenvalue weighted by Gasteiger charge is -2.07. The summed E-state index contributed by atoms with van der Waals surface area (Å²) in [5, 5.41) is 9.25. The van der Waals surface area contributed by atoms with Crippen molar-refractivity contribution in [1.29, 1.82) is 5.26 Å². The number of halogens is 2. The van der Waals surface area contributed by atoms with Crippen LogP contribution >= 0.6 is 23.2 Å². The van der Waals surface area contributed by atoms with Crippen LogP contribution in [0.3, 0.4) is 0 Å². The van der Waals surface area contributed by atoms with Crippen LogP contribution in [0.5, 0.6) is 5.75 Å². The predicted molar refractivity (Wildman–Crippen MR) is 75.4 cm³/mol. The zero-order valence-corrected chi connectivity index (χ0v) is 12.2. The van der Waals surface area contributed by atoms with Gasteiger partial charge in [0.15, 0.2) is 0 Å². The Kier molecular flexibility index (Phi) is 4.19. The summed E-state index contributed by atoms with van der Waals surface area (Å²) < 4.78 is 29.1. The minimum atomic E-state index is -4.03. The maximum Gasteiger partial charge on any atom is 0.339 e. The van der Waals surface area contributed by atoms with Gasteiger partial charge in [0.25, 0.3) is 0 Å². The highest BCUT2D eigenvalue weighted by atomic mass is 35.5. The van der Waals surface area contributed by atoms with Gasteiger partial charge in [0, 0.05) is 6.07 Å². The highest BCUT2D eigenvalue weighted by Gasteiger charge is 2.17. The molecule has 20 heavy (non-hydrogen) atoms. The molecule has 0 radical (unpaired) electrons. The molecule has 0 fully saturated rings. The van der Waals surface area contributed by atoms with Crippen LogP contribution in [0.1, 0.15) is 5.56 Å². The van der Waals surface area contributed by atoms with Gasteiger partial charge in [-0.1, -0.05) is 29.3 Å². The summed E-state index contributed by atoms with van der Waals surface area (Å²) in [4.78, 5) is -0.109. The normalized spacial score (nSPS) is 10.8. The van der Waals surface area contributed by atoms with Crippen molar-refractivity contribution >= 4 is 33.3 Å². The molecule has 0 atom stereocenters. The van der Waals surface area contributed by atoms with Crippen molar-refractivity contribution in [3.8, 4) is 11.8 Å². The molecular weight excluding hydrogens is 321 g/mol. The molecule has 0 amide bonds. The highest BCUT2D eigenvalue weighted by molar-refractivity contribution is 7.87. The van der Waals surface area contributed by atoms with Gasteiger partial charge in [-0.25, -0.2) is 0 Å². The molecule has 0 aliphatic heterocycles. The fraction of sp³-hybridized carbons (Fsp3) is 0. The fourth-order valence-electron chi connectivity index (χ4n) is 1.42. The topological polar surface area (TPSA) is 67.2 Å². The van der Waals surface area contributed by atoms with Gasteiger partial charge in [0.2, 0.25) is 0 Å². The largest absolute Gasteiger partial charge is 0.379 e. The van der Waals surface area contributed by atoms with E-state index in [1.54, 1.807) is 0 Å². The van der Waals surface area contributed by atoms with Gasteiger partial charge in [-0.3, -0.25) is 0 Å². The first kappa shape index (κ1) is 14.7. The van der Waals surface area contributed by atoms with E-state index in [1.807, 2.05) is 6.07 Å². The Balaban J connectivity index is 2.35. The number of hydrogen-bond acceptors (Lipinski definition) is 4. The van der Waals surface area contributed by atoms with Crippen molar-refractivity contribution in [3.63, 3.8) is 0 Å².